The third kappa shape index (κ3) is 1.40. The Kier molecular flexibility index (Phi) is 2.24. The van der Waals surface area contributed by atoms with Gasteiger partial charge < -0.3 is 0 Å². The van der Waals surface area contributed by atoms with E-state index in [1.807, 2.05) is 0 Å². The Labute approximate surface area is 98.8 Å². The Morgan fingerprint density at radius 2 is 1.73 bits per heavy atom. The van der Waals surface area contributed by atoms with Crippen LogP contribution in [0, 0.1) is 5.41 Å². The van der Waals surface area contributed by atoms with Crippen molar-refractivity contribution < 1.29 is 0 Å². The normalized spacial score (nSPS) is 22.6. The van der Waals surface area contributed by atoms with Crippen molar-refractivity contribution in [3.63, 3.8) is 0 Å². The van der Waals surface area contributed by atoms with Gasteiger partial charge in [-0.25, -0.2) is 0 Å². The maximum atomic E-state index is 3.84. The molecule has 2 aliphatic carbocycles. The van der Waals surface area contributed by atoms with Crippen molar-refractivity contribution >= 4 is 26.5 Å². The predicted octanol–water partition coefficient (Wildman–Crippen LogP) is 2.93. The summed E-state index contributed by atoms with van der Waals surface area (Å²) >= 11 is 3.84. The molecule has 0 amide bonds. The fraction of sp³-hybridized carbons (Fsp3) is 0.429. The summed E-state index contributed by atoms with van der Waals surface area (Å²) in [6, 6.07) is 8.74. The van der Waals surface area contributed by atoms with Gasteiger partial charge in [0.2, 0.25) is 0 Å². The molecule has 0 unspecified atom stereocenters. The number of rotatable bonds is 0. The van der Waals surface area contributed by atoms with Crippen LogP contribution in [0.15, 0.2) is 24.3 Å². The summed E-state index contributed by atoms with van der Waals surface area (Å²) in [5, 5.41) is 2.84. The summed E-state index contributed by atoms with van der Waals surface area (Å²) in [6.45, 7) is 0. The lowest BCUT2D eigenvalue weighted by atomic mass is 9.75. The van der Waals surface area contributed by atoms with E-state index >= 15 is 0 Å². The van der Waals surface area contributed by atoms with Gasteiger partial charge in [-0.3, -0.25) is 0 Å². The lowest BCUT2D eigenvalue weighted by molar-refractivity contribution is 0.367. The molecule has 0 nitrogen and oxygen atoms in total. The molecule has 15 heavy (non-hydrogen) atoms. The third-order valence-corrected chi connectivity index (χ3v) is 5.03. The van der Waals surface area contributed by atoms with E-state index in [9.17, 15) is 0 Å². The summed E-state index contributed by atoms with van der Waals surface area (Å²) in [5.74, 6) is 0. The first-order chi connectivity index (χ1) is 7.32. The molecule has 1 heteroatoms. The van der Waals surface area contributed by atoms with Gasteiger partial charge in [-0.1, -0.05) is 65.5 Å². The minimum Gasteiger partial charge on any atom is -0.0655 e. The van der Waals surface area contributed by atoms with Gasteiger partial charge in [-0.15, -0.1) is 0 Å². The first-order valence-corrected chi connectivity index (χ1v) is 6.59. The lowest BCUT2D eigenvalue weighted by Gasteiger charge is -2.32. The molecule has 0 saturated heterocycles. The van der Waals surface area contributed by atoms with E-state index in [-0.39, 0.29) is 0 Å². The standard InChI is InChI=1S/C14H15Br/c15-13-12-7-3-2-6-11(12)10-14(13)8-4-1-5-9-14/h2-3,6-7,10H,1,4-5,8-9H2. The van der Waals surface area contributed by atoms with Crippen LogP contribution in [0.5, 0.6) is 0 Å². The molecule has 0 aliphatic heterocycles. The number of hydrogen-bond acceptors (Lipinski definition) is 0. The van der Waals surface area contributed by atoms with E-state index in [0.717, 1.165) is 0 Å². The zero-order valence-electron chi connectivity index (χ0n) is 8.80. The Balaban J connectivity index is 2.21. The fourth-order valence-corrected chi connectivity index (χ4v) is 3.87. The first kappa shape index (κ1) is 9.65. The molecule has 1 aromatic rings. The Bertz CT molecular complexity index is 492. The number of benzene rings is 1. The first-order valence-electron chi connectivity index (χ1n) is 5.80. The summed E-state index contributed by atoms with van der Waals surface area (Å²) in [4.78, 5) is 0. The number of halogens is 1. The van der Waals surface area contributed by atoms with Gasteiger partial charge in [0.05, 0.1) is 0 Å². The molecule has 1 aromatic carbocycles. The minimum atomic E-state index is 0.349. The third-order valence-electron chi connectivity index (χ3n) is 3.81. The summed E-state index contributed by atoms with van der Waals surface area (Å²) < 4.78 is 1.44. The van der Waals surface area contributed by atoms with Crippen LogP contribution >= 0.6 is 15.9 Å². The maximum absolute atomic E-state index is 3.84. The highest BCUT2D eigenvalue weighted by Crippen LogP contribution is 2.47. The largest absolute Gasteiger partial charge is 0.0655 e. The van der Waals surface area contributed by atoms with Crippen LogP contribution in [0.4, 0.5) is 0 Å². The molecule has 0 atom stereocenters. The van der Waals surface area contributed by atoms with Crippen LogP contribution in [0.25, 0.3) is 10.6 Å². The van der Waals surface area contributed by atoms with Crippen molar-refractivity contribution in [3.05, 3.63) is 34.7 Å². The molecule has 78 valence electrons. The quantitative estimate of drug-likeness (QED) is 0.675. The Morgan fingerprint density at radius 1 is 1.00 bits per heavy atom. The van der Waals surface area contributed by atoms with Crippen LogP contribution in [0.1, 0.15) is 32.1 Å². The zero-order chi connectivity index (χ0) is 10.3. The highest BCUT2D eigenvalue weighted by molar-refractivity contribution is 9.15. The van der Waals surface area contributed by atoms with Crippen LogP contribution in [-0.2, 0) is 0 Å². The molecular weight excluding hydrogens is 248 g/mol. The number of fused-ring (bicyclic) bond motifs is 1. The fourth-order valence-electron chi connectivity index (χ4n) is 3.00. The molecule has 0 bridgehead atoms. The van der Waals surface area contributed by atoms with Crippen molar-refractivity contribution in [2.45, 2.75) is 32.1 Å². The molecule has 1 spiro atoms. The summed E-state index contributed by atoms with van der Waals surface area (Å²) in [6.07, 6.45) is 9.29. The van der Waals surface area contributed by atoms with Gasteiger partial charge in [0.15, 0.2) is 0 Å². The topological polar surface area (TPSA) is 0 Å². The Hall–Kier alpha value is -0.560. The van der Waals surface area contributed by atoms with Crippen LogP contribution in [-0.4, -0.2) is 0 Å². The molecular formula is C14H15Br. The molecule has 0 heterocycles. The SMILES string of the molecule is BrC1=c2ccccc2=CC12CCCCC2. The second kappa shape index (κ2) is 3.48. The zero-order valence-corrected chi connectivity index (χ0v) is 10.4. The molecule has 0 aromatic heterocycles. The van der Waals surface area contributed by atoms with E-state index in [1.54, 1.807) is 0 Å². The minimum absolute atomic E-state index is 0.349. The molecule has 0 radical (unpaired) electrons. The molecule has 0 N–H and O–H groups in total. The van der Waals surface area contributed by atoms with E-state index in [2.05, 4.69) is 46.3 Å². The molecule has 1 fully saturated rings. The van der Waals surface area contributed by atoms with Gasteiger partial charge >= 0.3 is 0 Å². The maximum Gasteiger partial charge on any atom is 0.0213 e. The van der Waals surface area contributed by atoms with Gasteiger partial charge in [0.25, 0.3) is 0 Å². The predicted molar refractivity (Wildman–Crippen MR) is 68.0 cm³/mol. The molecule has 3 rings (SSSR count). The van der Waals surface area contributed by atoms with Crippen molar-refractivity contribution in [2.24, 2.45) is 5.41 Å². The number of hydrogen-bond donors (Lipinski definition) is 0. The van der Waals surface area contributed by atoms with E-state index in [1.165, 1.54) is 47.0 Å². The van der Waals surface area contributed by atoms with Gasteiger partial charge in [0, 0.05) is 9.90 Å². The average Bonchev–Trinajstić information content (AvgIpc) is 2.54. The Morgan fingerprint density at radius 3 is 2.47 bits per heavy atom. The lowest BCUT2D eigenvalue weighted by Crippen LogP contribution is -2.21. The van der Waals surface area contributed by atoms with Crippen LogP contribution in [0.3, 0.4) is 0 Å². The van der Waals surface area contributed by atoms with Crippen LogP contribution in [0.2, 0.25) is 0 Å². The van der Waals surface area contributed by atoms with Crippen molar-refractivity contribution in [2.75, 3.05) is 0 Å². The monoisotopic (exact) mass is 262 g/mol. The van der Waals surface area contributed by atoms with Gasteiger partial charge in [-0.05, 0) is 23.3 Å². The van der Waals surface area contributed by atoms with Gasteiger partial charge in [0.1, 0.15) is 0 Å². The highest BCUT2D eigenvalue weighted by atomic mass is 79.9. The molecule has 2 aliphatic rings. The molecule has 1 saturated carbocycles. The summed E-state index contributed by atoms with van der Waals surface area (Å²) in [5.41, 5.74) is 0.349. The second-order valence-corrected chi connectivity index (χ2v) is 5.56. The highest BCUT2D eigenvalue weighted by Gasteiger charge is 2.35. The van der Waals surface area contributed by atoms with E-state index < -0.39 is 0 Å². The van der Waals surface area contributed by atoms with E-state index in [4.69, 9.17) is 0 Å². The smallest absolute Gasteiger partial charge is 0.0213 e. The van der Waals surface area contributed by atoms with Crippen molar-refractivity contribution in [3.8, 4) is 0 Å². The van der Waals surface area contributed by atoms with Crippen molar-refractivity contribution in [1.82, 2.24) is 0 Å². The average molecular weight is 263 g/mol. The summed E-state index contributed by atoms with van der Waals surface area (Å²) in [7, 11) is 0. The van der Waals surface area contributed by atoms with E-state index in [0.29, 0.717) is 5.41 Å². The second-order valence-electron chi connectivity index (χ2n) is 4.76. The van der Waals surface area contributed by atoms with Gasteiger partial charge in [-0.2, -0.15) is 0 Å². The van der Waals surface area contributed by atoms with Crippen molar-refractivity contribution in [1.29, 1.82) is 0 Å². The van der Waals surface area contributed by atoms with Crippen LogP contribution < -0.4 is 10.4 Å².